The van der Waals surface area contributed by atoms with Gasteiger partial charge in [0, 0.05) is 42.2 Å². The van der Waals surface area contributed by atoms with Gasteiger partial charge in [0.25, 0.3) is 0 Å². The first-order chi connectivity index (χ1) is 15.4. The first-order valence-corrected chi connectivity index (χ1v) is 11.2. The summed E-state index contributed by atoms with van der Waals surface area (Å²) in [5.41, 5.74) is 5.57. The lowest BCUT2D eigenvalue weighted by Crippen LogP contribution is -2.51. The zero-order valence-corrected chi connectivity index (χ0v) is 19.1. The predicted molar refractivity (Wildman–Crippen MR) is 126 cm³/mol. The first kappa shape index (κ1) is 20.6. The molecule has 1 aromatic heterocycles. The number of pyridine rings is 1. The molecule has 1 aliphatic carbocycles. The summed E-state index contributed by atoms with van der Waals surface area (Å²) in [4.78, 5) is 20.0. The number of carbonyl (C=O) groups excluding carboxylic acids is 1. The Hall–Kier alpha value is -3.28. The van der Waals surface area contributed by atoms with Crippen molar-refractivity contribution >= 4 is 17.2 Å². The number of Topliss-reactive ketones (excluding diaryl/α,β-unsaturated/α-hetero) is 1. The molecule has 2 aromatic rings. The van der Waals surface area contributed by atoms with Crippen molar-refractivity contribution in [2.75, 3.05) is 11.9 Å². The van der Waals surface area contributed by atoms with E-state index in [0.29, 0.717) is 6.42 Å². The van der Waals surface area contributed by atoms with Crippen LogP contribution < -0.4 is 10.2 Å². The number of azo groups is 1. The van der Waals surface area contributed by atoms with E-state index in [2.05, 4.69) is 70.5 Å². The Labute approximate surface area is 189 Å². The van der Waals surface area contributed by atoms with Gasteiger partial charge in [-0.05, 0) is 48.1 Å². The van der Waals surface area contributed by atoms with E-state index >= 15 is 0 Å². The van der Waals surface area contributed by atoms with Crippen molar-refractivity contribution in [1.29, 1.82) is 0 Å². The number of nitrogens with zero attached hydrogens (tertiary/aromatic N) is 4. The molecule has 0 spiro atoms. The highest BCUT2D eigenvalue weighted by molar-refractivity contribution is 6.01. The fourth-order valence-corrected chi connectivity index (χ4v) is 5.57. The smallest absolute Gasteiger partial charge is 0.164 e. The molecule has 0 saturated carbocycles. The van der Waals surface area contributed by atoms with Gasteiger partial charge < -0.3 is 10.2 Å². The molecule has 1 unspecified atom stereocenters. The molecule has 164 valence electrons. The average molecular weight is 428 g/mol. The van der Waals surface area contributed by atoms with Crippen LogP contribution in [0.1, 0.15) is 45.6 Å². The van der Waals surface area contributed by atoms with Crippen LogP contribution in [0, 0.1) is 5.41 Å². The molecule has 32 heavy (non-hydrogen) atoms. The minimum Gasteiger partial charge on any atom is -0.362 e. The molecule has 3 heterocycles. The van der Waals surface area contributed by atoms with Gasteiger partial charge in [0.15, 0.2) is 11.9 Å². The fraction of sp³-hybridized carbons (Fsp3) is 0.385. The number of nitrogens with one attached hydrogen (secondary N) is 1. The molecule has 0 radical (unpaired) electrons. The Morgan fingerprint density at radius 2 is 1.97 bits per heavy atom. The van der Waals surface area contributed by atoms with Crippen molar-refractivity contribution in [1.82, 2.24) is 10.3 Å². The SMILES string of the molecule is CC[C@@]1(c2cccc(N(C)c3cccnc3)c2)C2=CN=NC2NC2=C1C(=O)CC(C)(C)C2. The highest BCUT2D eigenvalue weighted by atomic mass is 16.1. The molecule has 6 nitrogen and oxygen atoms in total. The monoisotopic (exact) mass is 427 g/mol. The third-order valence-corrected chi connectivity index (χ3v) is 7.07. The topological polar surface area (TPSA) is 70.0 Å². The molecule has 0 fully saturated rings. The molecule has 6 heteroatoms. The average Bonchev–Trinajstić information content (AvgIpc) is 3.25. The maximum Gasteiger partial charge on any atom is 0.164 e. The molecule has 3 aliphatic rings. The zero-order valence-electron chi connectivity index (χ0n) is 19.1. The fourth-order valence-electron chi connectivity index (χ4n) is 5.57. The quantitative estimate of drug-likeness (QED) is 0.707. The summed E-state index contributed by atoms with van der Waals surface area (Å²) in [6, 6.07) is 12.5. The highest BCUT2D eigenvalue weighted by Gasteiger charge is 2.53. The molecule has 2 atom stereocenters. The molecular weight excluding hydrogens is 398 g/mol. The number of anilines is 2. The van der Waals surface area contributed by atoms with Gasteiger partial charge >= 0.3 is 0 Å². The van der Waals surface area contributed by atoms with Gasteiger partial charge in [-0.25, -0.2) is 0 Å². The van der Waals surface area contributed by atoms with Crippen molar-refractivity contribution in [3.05, 3.63) is 77.4 Å². The molecule has 5 rings (SSSR count). The molecule has 0 saturated heterocycles. The summed E-state index contributed by atoms with van der Waals surface area (Å²) in [6.07, 6.45) is 7.44. The van der Waals surface area contributed by atoms with E-state index in [9.17, 15) is 4.79 Å². The Morgan fingerprint density at radius 1 is 1.16 bits per heavy atom. The number of ketones is 1. The third-order valence-electron chi connectivity index (χ3n) is 7.07. The largest absolute Gasteiger partial charge is 0.362 e. The van der Waals surface area contributed by atoms with Crippen LogP contribution in [0.5, 0.6) is 0 Å². The molecular formula is C26H29N5O. The van der Waals surface area contributed by atoms with Crippen LogP contribution in [0.2, 0.25) is 0 Å². The molecule has 2 aliphatic heterocycles. The summed E-state index contributed by atoms with van der Waals surface area (Å²) in [7, 11) is 2.04. The number of carbonyl (C=O) groups is 1. The van der Waals surface area contributed by atoms with Crippen molar-refractivity contribution in [3.63, 3.8) is 0 Å². The minimum absolute atomic E-state index is 0.0677. The lowest BCUT2D eigenvalue weighted by Gasteiger charge is -2.48. The minimum atomic E-state index is -0.534. The van der Waals surface area contributed by atoms with Crippen molar-refractivity contribution < 1.29 is 4.79 Å². The lowest BCUT2D eigenvalue weighted by atomic mass is 9.59. The van der Waals surface area contributed by atoms with Crippen LogP contribution in [0.15, 0.2) is 82.1 Å². The van der Waals surface area contributed by atoms with E-state index in [4.69, 9.17) is 0 Å². The maximum atomic E-state index is 13.6. The second-order valence-corrected chi connectivity index (χ2v) is 9.74. The highest BCUT2D eigenvalue weighted by Crippen LogP contribution is 2.54. The number of allylic oxidation sites excluding steroid dienone is 2. The number of hydrogen-bond donors (Lipinski definition) is 1. The Balaban J connectivity index is 1.68. The second kappa shape index (κ2) is 7.40. The van der Waals surface area contributed by atoms with E-state index < -0.39 is 5.41 Å². The standard InChI is InChI=1S/C26H29N5O/c1-5-26(17-8-6-9-18(12-17)31(4)19-10-7-11-27-15-19)20-16-28-30-24(20)29-21-13-25(2,3)14-22(32)23(21)26/h6-12,15-16,24,29H,5,13-14H2,1-4H3/t24?,26-/m1/s1. The maximum absolute atomic E-state index is 13.6. The lowest BCUT2D eigenvalue weighted by molar-refractivity contribution is -0.119. The third kappa shape index (κ3) is 3.08. The molecule has 0 amide bonds. The first-order valence-electron chi connectivity index (χ1n) is 11.2. The normalized spacial score (nSPS) is 25.7. The van der Waals surface area contributed by atoms with Crippen molar-refractivity contribution in [2.24, 2.45) is 15.6 Å². The number of rotatable bonds is 4. The summed E-state index contributed by atoms with van der Waals surface area (Å²) >= 11 is 0. The van der Waals surface area contributed by atoms with Gasteiger partial charge in [-0.15, -0.1) is 0 Å². The summed E-state index contributed by atoms with van der Waals surface area (Å²) in [5, 5.41) is 12.3. The van der Waals surface area contributed by atoms with Crippen LogP contribution in [0.4, 0.5) is 11.4 Å². The van der Waals surface area contributed by atoms with Crippen LogP contribution in [0.25, 0.3) is 0 Å². The summed E-state index contributed by atoms with van der Waals surface area (Å²) < 4.78 is 0. The Morgan fingerprint density at radius 3 is 2.72 bits per heavy atom. The van der Waals surface area contributed by atoms with E-state index in [0.717, 1.165) is 46.6 Å². The van der Waals surface area contributed by atoms with Crippen LogP contribution in [-0.2, 0) is 10.2 Å². The Kier molecular flexibility index (Phi) is 4.77. The molecule has 1 aromatic carbocycles. The van der Waals surface area contributed by atoms with Gasteiger partial charge in [-0.3, -0.25) is 9.78 Å². The van der Waals surface area contributed by atoms with Crippen molar-refractivity contribution in [3.8, 4) is 0 Å². The van der Waals surface area contributed by atoms with E-state index in [1.165, 1.54) is 0 Å². The predicted octanol–water partition coefficient (Wildman–Crippen LogP) is 5.42. The summed E-state index contributed by atoms with van der Waals surface area (Å²) in [5.74, 6) is 0.225. The van der Waals surface area contributed by atoms with Gasteiger partial charge in [0.1, 0.15) is 0 Å². The zero-order chi connectivity index (χ0) is 22.5. The second-order valence-electron chi connectivity index (χ2n) is 9.74. The molecule has 0 bridgehead atoms. The van der Waals surface area contributed by atoms with Crippen LogP contribution >= 0.6 is 0 Å². The van der Waals surface area contributed by atoms with Gasteiger partial charge in [-0.1, -0.05) is 32.9 Å². The van der Waals surface area contributed by atoms with Gasteiger partial charge in [-0.2, -0.15) is 10.2 Å². The van der Waals surface area contributed by atoms with E-state index in [-0.39, 0.29) is 17.4 Å². The number of fused-ring (bicyclic) bond motifs is 1. The Bertz CT molecular complexity index is 1160. The summed E-state index contributed by atoms with van der Waals surface area (Å²) in [6.45, 7) is 6.49. The van der Waals surface area contributed by atoms with E-state index in [1.54, 1.807) is 6.20 Å². The molecule has 1 N–H and O–H groups in total. The van der Waals surface area contributed by atoms with E-state index in [1.807, 2.05) is 31.6 Å². The van der Waals surface area contributed by atoms with Crippen LogP contribution in [-0.4, -0.2) is 24.0 Å². The van der Waals surface area contributed by atoms with Crippen LogP contribution in [0.3, 0.4) is 0 Å². The van der Waals surface area contributed by atoms with Gasteiger partial charge in [0.05, 0.1) is 23.5 Å². The number of aromatic nitrogens is 1. The number of hydrogen-bond acceptors (Lipinski definition) is 6. The van der Waals surface area contributed by atoms with Crippen molar-refractivity contribution in [2.45, 2.75) is 51.6 Å². The number of benzene rings is 1. The van der Waals surface area contributed by atoms with Gasteiger partial charge in [0.2, 0.25) is 0 Å².